The van der Waals surface area contributed by atoms with Crippen LogP contribution in [-0.2, 0) is 0 Å². The lowest BCUT2D eigenvalue weighted by Gasteiger charge is -2.12. The molecule has 0 saturated heterocycles. The zero-order chi connectivity index (χ0) is 12.3. The first-order chi connectivity index (χ1) is 8.18. The topological polar surface area (TPSA) is 46.1 Å². The van der Waals surface area contributed by atoms with Gasteiger partial charge in [0, 0.05) is 37.7 Å². The minimum absolute atomic E-state index is 0.108. The van der Waals surface area contributed by atoms with Crippen LogP contribution in [0.4, 0.5) is 5.69 Å². The molecule has 0 radical (unpaired) electrons. The van der Waals surface area contributed by atoms with Crippen LogP contribution in [0.15, 0.2) is 42.9 Å². The molecule has 0 aliphatic carbocycles. The second kappa shape index (κ2) is 4.74. The predicted molar refractivity (Wildman–Crippen MR) is 66.2 cm³/mol. The Balaban J connectivity index is 2.27. The molecule has 1 aromatic heterocycles. The van der Waals surface area contributed by atoms with E-state index in [0.717, 1.165) is 5.69 Å². The third-order valence-corrected chi connectivity index (χ3v) is 2.44. The van der Waals surface area contributed by atoms with Crippen LogP contribution in [0.5, 0.6) is 0 Å². The maximum atomic E-state index is 12.0. The Morgan fingerprint density at radius 2 is 1.82 bits per heavy atom. The number of hydrogen-bond donors (Lipinski definition) is 0. The minimum atomic E-state index is -0.108. The first-order valence-corrected chi connectivity index (χ1v) is 5.26. The summed E-state index contributed by atoms with van der Waals surface area (Å²) in [6, 6.07) is 7.41. The highest BCUT2D eigenvalue weighted by Gasteiger charge is 2.10. The molecule has 0 unspecified atom stereocenters. The number of aromatic nitrogens is 2. The molecule has 4 nitrogen and oxygen atoms in total. The van der Waals surface area contributed by atoms with Crippen LogP contribution in [-0.4, -0.2) is 29.8 Å². The molecule has 0 bridgehead atoms. The number of nitrogens with zero attached hydrogens (tertiary/aromatic N) is 3. The fourth-order valence-electron chi connectivity index (χ4n) is 1.48. The van der Waals surface area contributed by atoms with Crippen molar-refractivity contribution in [1.29, 1.82) is 0 Å². The zero-order valence-corrected chi connectivity index (χ0v) is 9.79. The largest absolute Gasteiger partial charge is 0.378 e. The molecule has 0 saturated carbocycles. The predicted octanol–water partition coefficient (Wildman–Crippen LogP) is 1.77. The summed E-state index contributed by atoms with van der Waals surface area (Å²) in [6.45, 7) is 0. The Morgan fingerprint density at radius 3 is 2.35 bits per heavy atom. The van der Waals surface area contributed by atoms with Crippen molar-refractivity contribution in [3.05, 3.63) is 54.1 Å². The van der Waals surface area contributed by atoms with E-state index in [1.54, 1.807) is 18.3 Å². The van der Waals surface area contributed by atoms with Gasteiger partial charge in [0.15, 0.2) is 0 Å². The highest BCUT2D eigenvalue weighted by molar-refractivity contribution is 6.07. The van der Waals surface area contributed by atoms with Crippen molar-refractivity contribution in [2.24, 2.45) is 0 Å². The standard InChI is InChI=1S/C13H13N3O/c1-16(2)11-5-3-10(4-6-11)13(17)12-9-14-7-8-15-12/h3-9H,1-2H3. The Hall–Kier alpha value is -2.23. The van der Waals surface area contributed by atoms with Gasteiger partial charge in [-0.05, 0) is 24.3 Å². The lowest BCUT2D eigenvalue weighted by molar-refractivity contribution is 0.103. The highest BCUT2D eigenvalue weighted by atomic mass is 16.1. The van der Waals surface area contributed by atoms with Crippen molar-refractivity contribution in [3.8, 4) is 0 Å². The van der Waals surface area contributed by atoms with Crippen LogP contribution in [0.1, 0.15) is 16.1 Å². The van der Waals surface area contributed by atoms with E-state index in [-0.39, 0.29) is 5.78 Å². The number of carbonyl (C=O) groups excluding carboxylic acids is 1. The number of rotatable bonds is 3. The molecule has 0 aliphatic rings. The monoisotopic (exact) mass is 227 g/mol. The van der Waals surface area contributed by atoms with Gasteiger partial charge in [0.2, 0.25) is 5.78 Å². The van der Waals surface area contributed by atoms with Gasteiger partial charge in [-0.1, -0.05) is 0 Å². The third kappa shape index (κ3) is 2.47. The van der Waals surface area contributed by atoms with Crippen molar-refractivity contribution in [3.63, 3.8) is 0 Å². The molecule has 2 aromatic rings. The fraction of sp³-hybridized carbons (Fsp3) is 0.154. The Labute approximate surface area is 99.9 Å². The van der Waals surface area contributed by atoms with E-state index < -0.39 is 0 Å². The van der Waals surface area contributed by atoms with Gasteiger partial charge in [0.1, 0.15) is 5.69 Å². The van der Waals surface area contributed by atoms with Gasteiger partial charge < -0.3 is 4.90 Å². The lowest BCUT2D eigenvalue weighted by Crippen LogP contribution is -2.09. The first kappa shape index (κ1) is 11.3. The number of hydrogen-bond acceptors (Lipinski definition) is 4. The molecule has 17 heavy (non-hydrogen) atoms. The molecular formula is C13H13N3O. The Kier molecular flexibility index (Phi) is 3.14. The molecule has 0 spiro atoms. The van der Waals surface area contributed by atoms with E-state index >= 15 is 0 Å². The number of anilines is 1. The van der Waals surface area contributed by atoms with Gasteiger partial charge >= 0.3 is 0 Å². The Bertz CT molecular complexity index is 506. The smallest absolute Gasteiger partial charge is 0.212 e. The molecule has 0 aliphatic heterocycles. The minimum Gasteiger partial charge on any atom is -0.378 e. The Morgan fingerprint density at radius 1 is 1.12 bits per heavy atom. The van der Waals surface area contributed by atoms with Gasteiger partial charge in [-0.2, -0.15) is 0 Å². The fourth-order valence-corrected chi connectivity index (χ4v) is 1.48. The molecule has 1 heterocycles. The molecule has 0 N–H and O–H groups in total. The van der Waals surface area contributed by atoms with Crippen molar-refractivity contribution in [1.82, 2.24) is 9.97 Å². The van der Waals surface area contributed by atoms with Gasteiger partial charge in [0.25, 0.3) is 0 Å². The van der Waals surface area contributed by atoms with Crippen molar-refractivity contribution in [2.75, 3.05) is 19.0 Å². The van der Waals surface area contributed by atoms with Gasteiger partial charge in [0.05, 0.1) is 6.20 Å². The van der Waals surface area contributed by atoms with Crippen molar-refractivity contribution in [2.45, 2.75) is 0 Å². The van der Waals surface area contributed by atoms with Gasteiger partial charge in [-0.25, -0.2) is 4.98 Å². The van der Waals surface area contributed by atoms with Gasteiger partial charge in [-0.15, -0.1) is 0 Å². The quantitative estimate of drug-likeness (QED) is 0.750. The highest BCUT2D eigenvalue weighted by Crippen LogP contribution is 2.14. The summed E-state index contributed by atoms with van der Waals surface area (Å²) >= 11 is 0. The molecule has 0 amide bonds. The summed E-state index contributed by atoms with van der Waals surface area (Å²) in [7, 11) is 3.92. The summed E-state index contributed by atoms with van der Waals surface area (Å²) < 4.78 is 0. The lowest BCUT2D eigenvalue weighted by atomic mass is 10.1. The maximum Gasteiger partial charge on any atom is 0.212 e. The van der Waals surface area contributed by atoms with E-state index in [9.17, 15) is 4.79 Å². The average Bonchev–Trinajstić information content (AvgIpc) is 2.39. The van der Waals surface area contributed by atoms with Crippen LogP contribution in [0.25, 0.3) is 0 Å². The normalized spacial score (nSPS) is 10.0. The number of ketones is 1. The molecule has 0 fully saturated rings. The third-order valence-electron chi connectivity index (χ3n) is 2.44. The van der Waals surface area contributed by atoms with Crippen LogP contribution in [0, 0.1) is 0 Å². The molecular weight excluding hydrogens is 214 g/mol. The van der Waals surface area contributed by atoms with Crippen LogP contribution >= 0.6 is 0 Å². The summed E-state index contributed by atoms with van der Waals surface area (Å²) in [5.41, 5.74) is 2.04. The van der Waals surface area contributed by atoms with Crippen molar-refractivity contribution < 1.29 is 4.79 Å². The second-order valence-corrected chi connectivity index (χ2v) is 3.86. The van der Waals surface area contributed by atoms with Crippen LogP contribution in [0.3, 0.4) is 0 Å². The molecule has 2 rings (SSSR count). The average molecular weight is 227 g/mol. The van der Waals surface area contributed by atoms with E-state index in [1.807, 2.05) is 31.1 Å². The SMILES string of the molecule is CN(C)c1ccc(C(=O)c2cnccn2)cc1. The maximum absolute atomic E-state index is 12.0. The first-order valence-electron chi connectivity index (χ1n) is 5.26. The molecule has 4 heteroatoms. The van der Waals surface area contributed by atoms with E-state index in [4.69, 9.17) is 0 Å². The van der Waals surface area contributed by atoms with E-state index in [1.165, 1.54) is 12.4 Å². The molecule has 86 valence electrons. The number of benzene rings is 1. The molecule has 1 aromatic carbocycles. The second-order valence-electron chi connectivity index (χ2n) is 3.86. The summed E-state index contributed by atoms with van der Waals surface area (Å²) in [5.74, 6) is -0.108. The summed E-state index contributed by atoms with van der Waals surface area (Å²) in [6.07, 6.45) is 4.54. The van der Waals surface area contributed by atoms with E-state index in [2.05, 4.69) is 9.97 Å². The van der Waals surface area contributed by atoms with E-state index in [0.29, 0.717) is 11.3 Å². The summed E-state index contributed by atoms with van der Waals surface area (Å²) in [4.78, 5) is 21.9. The zero-order valence-electron chi connectivity index (χ0n) is 9.79. The van der Waals surface area contributed by atoms with Crippen LogP contribution in [0.2, 0.25) is 0 Å². The summed E-state index contributed by atoms with van der Waals surface area (Å²) in [5, 5.41) is 0. The van der Waals surface area contributed by atoms with Gasteiger partial charge in [-0.3, -0.25) is 9.78 Å². The van der Waals surface area contributed by atoms with Crippen molar-refractivity contribution >= 4 is 11.5 Å². The molecule has 0 atom stereocenters. The van der Waals surface area contributed by atoms with Crippen LogP contribution < -0.4 is 4.90 Å². The number of carbonyl (C=O) groups is 1.